The third-order valence-electron chi connectivity index (χ3n) is 2.77. The summed E-state index contributed by atoms with van der Waals surface area (Å²) in [5.41, 5.74) is 0. The van der Waals surface area contributed by atoms with E-state index in [4.69, 9.17) is 16.3 Å². The molecule has 1 atom stereocenters. The summed E-state index contributed by atoms with van der Waals surface area (Å²) in [5.74, 6) is 0.122. The van der Waals surface area contributed by atoms with Gasteiger partial charge < -0.3 is 10.1 Å². The first-order chi connectivity index (χ1) is 9.02. The van der Waals surface area contributed by atoms with E-state index in [1.165, 1.54) is 0 Å². The van der Waals surface area contributed by atoms with Gasteiger partial charge in [-0.05, 0) is 25.2 Å². The first-order valence-electron chi connectivity index (χ1n) is 7.04. The number of hydrogen-bond donors (Lipinski definition) is 1. The molecule has 0 saturated carbocycles. The zero-order valence-electron chi connectivity index (χ0n) is 12.2. The van der Waals surface area contributed by atoms with Crippen LogP contribution in [0.4, 0.5) is 0 Å². The summed E-state index contributed by atoms with van der Waals surface area (Å²) < 4.78 is 5.16. The molecule has 0 saturated heterocycles. The highest BCUT2D eigenvalue weighted by molar-refractivity contribution is 6.17. The summed E-state index contributed by atoms with van der Waals surface area (Å²) in [6.45, 7) is 6.24. The number of carbonyl (C=O) groups is 2. The van der Waals surface area contributed by atoms with E-state index < -0.39 is 6.04 Å². The van der Waals surface area contributed by atoms with Crippen molar-refractivity contribution in [2.24, 2.45) is 5.92 Å². The smallest absolute Gasteiger partial charge is 0.328 e. The van der Waals surface area contributed by atoms with Gasteiger partial charge in [-0.25, -0.2) is 4.79 Å². The standard InChI is InChI=1S/C14H26ClNO3/c1-4-5-10-19-14(18)13(11(2)3)16-12(17)8-6-7-9-15/h11,13H,4-10H2,1-3H3,(H,16,17)/t13-/m0/s1. The van der Waals surface area contributed by atoms with Crippen LogP contribution in [0, 0.1) is 5.92 Å². The number of nitrogens with one attached hydrogen (secondary N) is 1. The van der Waals surface area contributed by atoms with Crippen molar-refractivity contribution < 1.29 is 14.3 Å². The molecule has 0 spiro atoms. The SMILES string of the molecule is CCCCOC(=O)[C@@H](NC(=O)CCCCCl)C(C)C. The van der Waals surface area contributed by atoms with Crippen LogP contribution in [-0.2, 0) is 14.3 Å². The Bertz CT molecular complexity index is 269. The van der Waals surface area contributed by atoms with Gasteiger partial charge in [0, 0.05) is 12.3 Å². The number of ether oxygens (including phenoxy) is 1. The molecule has 0 aromatic heterocycles. The van der Waals surface area contributed by atoms with Crippen molar-refractivity contribution in [1.82, 2.24) is 5.32 Å². The van der Waals surface area contributed by atoms with Crippen molar-refractivity contribution in [3.8, 4) is 0 Å². The quantitative estimate of drug-likeness (QED) is 0.382. The van der Waals surface area contributed by atoms with Gasteiger partial charge in [0.25, 0.3) is 0 Å². The van der Waals surface area contributed by atoms with Crippen LogP contribution < -0.4 is 5.32 Å². The number of carbonyl (C=O) groups excluding carboxylic acids is 2. The van der Waals surface area contributed by atoms with E-state index in [0.29, 0.717) is 18.9 Å². The normalized spacial score (nSPS) is 12.3. The third-order valence-corrected chi connectivity index (χ3v) is 3.03. The highest BCUT2D eigenvalue weighted by Crippen LogP contribution is 2.06. The monoisotopic (exact) mass is 291 g/mol. The average molecular weight is 292 g/mol. The van der Waals surface area contributed by atoms with Crippen molar-refractivity contribution in [1.29, 1.82) is 0 Å². The van der Waals surface area contributed by atoms with Crippen molar-refractivity contribution >= 4 is 23.5 Å². The summed E-state index contributed by atoms with van der Waals surface area (Å²) in [4.78, 5) is 23.6. The minimum Gasteiger partial charge on any atom is -0.464 e. The second-order valence-corrected chi connectivity index (χ2v) is 5.33. The number of esters is 1. The molecular formula is C14H26ClNO3. The lowest BCUT2D eigenvalue weighted by molar-refractivity contribution is -0.149. The molecule has 0 fully saturated rings. The number of hydrogen-bond acceptors (Lipinski definition) is 3. The van der Waals surface area contributed by atoms with Crippen LogP contribution in [-0.4, -0.2) is 30.4 Å². The zero-order chi connectivity index (χ0) is 14.7. The summed E-state index contributed by atoms with van der Waals surface area (Å²) in [6.07, 6.45) is 3.77. The Balaban J connectivity index is 4.16. The van der Waals surface area contributed by atoms with Gasteiger partial charge in [0.15, 0.2) is 0 Å². The Kier molecular flexibility index (Phi) is 10.6. The van der Waals surface area contributed by atoms with Crippen molar-refractivity contribution in [2.45, 2.75) is 58.9 Å². The van der Waals surface area contributed by atoms with Gasteiger partial charge in [-0.1, -0.05) is 27.2 Å². The Morgan fingerprint density at radius 2 is 1.89 bits per heavy atom. The predicted molar refractivity (Wildman–Crippen MR) is 77.2 cm³/mol. The van der Waals surface area contributed by atoms with Gasteiger partial charge in [-0.3, -0.25) is 4.79 Å². The van der Waals surface area contributed by atoms with E-state index >= 15 is 0 Å². The minimum absolute atomic E-state index is 0.0195. The van der Waals surface area contributed by atoms with Gasteiger partial charge in [0.1, 0.15) is 6.04 Å². The van der Waals surface area contributed by atoms with Crippen LogP contribution >= 0.6 is 11.6 Å². The van der Waals surface area contributed by atoms with Crippen molar-refractivity contribution in [2.75, 3.05) is 12.5 Å². The fourth-order valence-corrected chi connectivity index (χ4v) is 1.72. The Hall–Kier alpha value is -0.770. The Labute approximate surface area is 121 Å². The molecule has 0 heterocycles. The van der Waals surface area contributed by atoms with E-state index in [1.807, 2.05) is 20.8 Å². The van der Waals surface area contributed by atoms with E-state index in [-0.39, 0.29) is 17.8 Å². The maximum absolute atomic E-state index is 11.9. The van der Waals surface area contributed by atoms with Gasteiger partial charge in [0.2, 0.25) is 5.91 Å². The molecule has 0 aromatic rings. The van der Waals surface area contributed by atoms with Gasteiger partial charge in [-0.15, -0.1) is 11.6 Å². The van der Waals surface area contributed by atoms with Crippen LogP contribution in [0.1, 0.15) is 52.9 Å². The van der Waals surface area contributed by atoms with E-state index in [0.717, 1.165) is 25.7 Å². The topological polar surface area (TPSA) is 55.4 Å². The lowest BCUT2D eigenvalue weighted by Crippen LogP contribution is -2.45. The van der Waals surface area contributed by atoms with Crippen molar-refractivity contribution in [3.63, 3.8) is 0 Å². The highest BCUT2D eigenvalue weighted by Gasteiger charge is 2.25. The second-order valence-electron chi connectivity index (χ2n) is 4.96. The highest BCUT2D eigenvalue weighted by atomic mass is 35.5. The molecular weight excluding hydrogens is 266 g/mol. The zero-order valence-corrected chi connectivity index (χ0v) is 13.0. The lowest BCUT2D eigenvalue weighted by Gasteiger charge is -2.20. The number of amides is 1. The number of alkyl halides is 1. The molecule has 112 valence electrons. The molecule has 0 rings (SSSR count). The van der Waals surface area contributed by atoms with Crippen LogP contribution in [0.25, 0.3) is 0 Å². The maximum atomic E-state index is 11.9. The molecule has 19 heavy (non-hydrogen) atoms. The Morgan fingerprint density at radius 3 is 2.42 bits per heavy atom. The van der Waals surface area contributed by atoms with E-state index in [2.05, 4.69) is 5.32 Å². The average Bonchev–Trinajstić information content (AvgIpc) is 2.36. The lowest BCUT2D eigenvalue weighted by atomic mass is 10.0. The van der Waals surface area contributed by atoms with Crippen LogP contribution in [0.3, 0.4) is 0 Å². The molecule has 0 aliphatic heterocycles. The third kappa shape index (κ3) is 8.87. The van der Waals surface area contributed by atoms with Gasteiger partial charge >= 0.3 is 5.97 Å². The fourth-order valence-electron chi connectivity index (χ4n) is 1.53. The molecule has 0 unspecified atom stereocenters. The second kappa shape index (κ2) is 11.1. The summed E-state index contributed by atoms with van der Waals surface area (Å²) in [7, 11) is 0. The first kappa shape index (κ1) is 18.2. The molecule has 5 heteroatoms. The van der Waals surface area contributed by atoms with Crippen LogP contribution in [0.5, 0.6) is 0 Å². The molecule has 1 N–H and O–H groups in total. The number of halogens is 1. The first-order valence-corrected chi connectivity index (χ1v) is 7.58. The molecule has 0 radical (unpaired) electrons. The fraction of sp³-hybridized carbons (Fsp3) is 0.857. The van der Waals surface area contributed by atoms with Gasteiger partial charge in [0.05, 0.1) is 6.61 Å². The van der Waals surface area contributed by atoms with Crippen molar-refractivity contribution in [3.05, 3.63) is 0 Å². The summed E-state index contributed by atoms with van der Waals surface area (Å²) in [6, 6.07) is -0.555. The van der Waals surface area contributed by atoms with E-state index in [1.54, 1.807) is 0 Å². The summed E-state index contributed by atoms with van der Waals surface area (Å²) in [5, 5.41) is 2.75. The summed E-state index contributed by atoms with van der Waals surface area (Å²) >= 11 is 5.56. The molecule has 0 aliphatic carbocycles. The molecule has 0 bridgehead atoms. The predicted octanol–water partition coefficient (Wildman–Crippen LogP) is 2.88. The van der Waals surface area contributed by atoms with Crippen LogP contribution in [0.15, 0.2) is 0 Å². The van der Waals surface area contributed by atoms with Gasteiger partial charge in [-0.2, -0.15) is 0 Å². The molecule has 0 aliphatic rings. The Morgan fingerprint density at radius 1 is 1.21 bits per heavy atom. The number of rotatable bonds is 10. The molecule has 1 amide bonds. The van der Waals surface area contributed by atoms with Crippen LogP contribution in [0.2, 0.25) is 0 Å². The maximum Gasteiger partial charge on any atom is 0.328 e. The minimum atomic E-state index is -0.555. The molecule has 0 aromatic carbocycles. The molecule has 4 nitrogen and oxygen atoms in total. The largest absolute Gasteiger partial charge is 0.464 e. The number of unbranched alkanes of at least 4 members (excludes halogenated alkanes) is 2. The van der Waals surface area contributed by atoms with E-state index in [9.17, 15) is 9.59 Å².